The number of nitrogens with zero attached hydrogens (tertiary/aromatic N) is 3. The zero-order chi connectivity index (χ0) is 24.5. The second-order valence-electron chi connectivity index (χ2n) is 7.18. The first-order valence-corrected chi connectivity index (χ1v) is 10.5. The van der Waals surface area contributed by atoms with Crippen LogP contribution >= 0.6 is 0 Å². The Morgan fingerprint density at radius 1 is 1.06 bits per heavy atom. The van der Waals surface area contributed by atoms with Crippen molar-refractivity contribution in [1.82, 2.24) is 25.5 Å². The summed E-state index contributed by atoms with van der Waals surface area (Å²) in [7, 11) is 2.72. The van der Waals surface area contributed by atoms with E-state index in [1.54, 1.807) is 18.2 Å². The fraction of sp³-hybridized carbons (Fsp3) is 0.364. The minimum atomic E-state index is -0.679. The van der Waals surface area contributed by atoms with Gasteiger partial charge in [-0.25, -0.2) is 14.8 Å². The minimum absolute atomic E-state index is 0.0307. The molecule has 0 aliphatic carbocycles. The molecule has 2 N–H and O–H groups in total. The number of methoxy groups -OCH3 is 2. The lowest BCUT2D eigenvalue weighted by Gasteiger charge is -2.22. The zero-order valence-electron chi connectivity index (χ0n) is 18.8. The van der Waals surface area contributed by atoms with Gasteiger partial charge in [-0.2, -0.15) is 0 Å². The third-order valence-corrected chi connectivity index (χ3v) is 4.89. The van der Waals surface area contributed by atoms with Gasteiger partial charge in [-0.15, -0.1) is 0 Å². The summed E-state index contributed by atoms with van der Waals surface area (Å²) in [5.41, 5.74) is 0.258. The van der Waals surface area contributed by atoms with E-state index in [1.165, 1.54) is 19.1 Å². The highest BCUT2D eigenvalue weighted by atomic mass is 16.5. The van der Waals surface area contributed by atoms with Crippen LogP contribution in [0.5, 0.6) is 11.5 Å². The van der Waals surface area contributed by atoms with E-state index in [0.29, 0.717) is 23.5 Å². The Kier molecular flexibility index (Phi) is 8.32. The van der Waals surface area contributed by atoms with Gasteiger partial charge in [0.05, 0.1) is 45.3 Å². The minimum Gasteiger partial charge on any atom is -0.497 e. The number of benzene rings is 1. The zero-order valence-corrected chi connectivity index (χ0v) is 18.8. The van der Waals surface area contributed by atoms with E-state index in [1.807, 2.05) is 0 Å². The third-order valence-electron chi connectivity index (χ3n) is 4.89. The Bertz CT molecular complexity index is 1060. The Labute approximate surface area is 195 Å². The summed E-state index contributed by atoms with van der Waals surface area (Å²) in [4.78, 5) is 58.7. The van der Waals surface area contributed by atoms with Gasteiger partial charge in [0.25, 0.3) is 11.8 Å². The van der Waals surface area contributed by atoms with Crippen LogP contribution in [0.25, 0.3) is 0 Å². The van der Waals surface area contributed by atoms with Crippen LogP contribution in [0.1, 0.15) is 37.8 Å². The van der Waals surface area contributed by atoms with Gasteiger partial charge in [-0.1, -0.05) is 0 Å². The first kappa shape index (κ1) is 24.4. The van der Waals surface area contributed by atoms with E-state index < -0.39 is 11.9 Å². The number of carbonyl (C=O) groups excluding carboxylic acids is 4. The molecule has 0 saturated heterocycles. The molecule has 0 bridgehead atoms. The van der Waals surface area contributed by atoms with Gasteiger partial charge in [-0.3, -0.25) is 14.4 Å². The van der Waals surface area contributed by atoms with Crippen LogP contribution in [0.3, 0.4) is 0 Å². The van der Waals surface area contributed by atoms with Gasteiger partial charge in [0.15, 0.2) is 5.69 Å². The molecule has 0 spiro atoms. The van der Waals surface area contributed by atoms with E-state index in [2.05, 4.69) is 25.3 Å². The SMILES string of the molecule is COC(=O)c1cnc(C(=O)N2CCCNC(=O)c3ccc(OC)cc3OCCNC(=O)C2)cn1. The lowest BCUT2D eigenvalue weighted by Crippen LogP contribution is -2.43. The normalized spacial score (nSPS) is 15.1. The van der Waals surface area contributed by atoms with Crippen LogP contribution in [0, 0.1) is 0 Å². The molecule has 2 aromatic rings. The van der Waals surface area contributed by atoms with Gasteiger partial charge in [0.1, 0.15) is 23.8 Å². The van der Waals surface area contributed by atoms with Crippen molar-refractivity contribution in [3.8, 4) is 11.5 Å². The lowest BCUT2D eigenvalue weighted by molar-refractivity contribution is -0.121. The van der Waals surface area contributed by atoms with Gasteiger partial charge >= 0.3 is 5.97 Å². The molecule has 34 heavy (non-hydrogen) atoms. The largest absolute Gasteiger partial charge is 0.497 e. The van der Waals surface area contributed by atoms with Crippen molar-refractivity contribution in [2.75, 3.05) is 47.0 Å². The van der Waals surface area contributed by atoms with Crippen molar-refractivity contribution < 1.29 is 33.4 Å². The highest BCUT2D eigenvalue weighted by Gasteiger charge is 2.22. The van der Waals surface area contributed by atoms with Crippen LogP contribution in [0.4, 0.5) is 0 Å². The molecule has 0 atom stereocenters. The summed E-state index contributed by atoms with van der Waals surface area (Å²) in [6, 6.07) is 4.86. The molecule has 3 amide bonds. The first-order chi connectivity index (χ1) is 16.4. The Morgan fingerprint density at radius 3 is 2.53 bits per heavy atom. The number of aromatic nitrogens is 2. The average molecular weight is 471 g/mol. The second-order valence-corrected chi connectivity index (χ2v) is 7.18. The molecule has 1 aliphatic heterocycles. The molecule has 2 heterocycles. The molecular weight excluding hydrogens is 446 g/mol. The van der Waals surface area contributed by atoms with Crippen molar-refractivity contribution in [3.05, 3.63) is 47.5 Å². The number of hydrogen-bond acceptors (Lipinski definition) is 9. The summed E-state index contributed by atoms with van der Waals surface area (Å²) in [6.45, 7) is 0.472. The number of hydrogen-bond donors (Lipinski definition) is 2. The smallest absolute Gasteiger partial charge is 0.358 e. The van der Waals surface area contributed by atoms with Crippen molar-refractivity contribution in [3.63, 3.8) is 0 Å². The molecule has 1 aromatic heterocycles. The van der Waals surface area contributed by atoms with Crippen molar-refractivity contribution in [1.29, 1.82) is 0 Å². The summed E-state index contributed by atoms with van der Waals surface area (Å²) >= 11 is 0. The molecule has 0 saturated carbocycles. The van der Waals surface area contributed by atoms with Crippen LogP contribution in [0.2, 0.25) is 0 Å². The second kappa shape index (κ2) is 11.6. The number of ether oxygens (including phenoxy) is 3. The summed E-state index contributed by atoms with van der Waals surface area (Å²) in [6.07, 6.45) is 2.66. The Hall–Kier alpha value is -4.22. The van der Waals surface area contributed by atoms with E-state index in [-0.39, 0.29) is 56.0 Å². The molecule has 0 unspecified atom stereocenters. The number of amides is 3. The number of carbonyl (C=O) groups is 4. The Morgan fingerprint density at radius 2 is 1.82 bits per heavy atom. The van der Waals surface area contributed by atoms with E-state index >= 15 is 0 Å². The summed E-state index contributed by atoms with van der Waals surface area (Å²) in [5.74, 6) is -1.06. The predicted octanol–water partition coefficient (Wildman–Crippen LogP) is 0.0427. The molecule has 3 rings (SSSR count). The molecule has 12 heteroatoms. The topological polar surface area (TPSA) is 149 Å². The lowest BCUT2D eigenvalue weighted by atomic mass is 10.1. The fourth-order valence-corrected chi connectivity index (χ4v) is 3.15. The van der Waals surface area contributed by atoms with Crippen molar-refractivity contribution >= 4 is 23.7 Å². The Balaban J connectivity index is 1.72. The number of nitrogens with one attached hydrogen (secondary N) is 2. The maximum absolute atomic E-state index is 12.9. The van der Waals surface area contributed by atoms with E-state index in [0.717, 1.165) is 12.4 Å². The molecule has 12 nitrogen and oxygen atoms in total. The van der Waals surface area contributed by atoms with Gasteiger partial charge in [0, 0.05) is 19.2 Å². The first-order valence-electron chi connectivity index (χ1n) is 10.5. The van der Waals surface area contributed by atoms with Crippen molar-refractivity contribution in [2.24, 2.45) is 0 Å². The van der Waals surface area contributed by atoms with Crippen molar-refractivity contribution in [2.45, 2.75) is 6.42 Å². The standard InChI is InChI=1S/C22H25N5O7/c1-32-14-4-5-15-18(10-14)34-9-7-23-19(28)13-27(8-3-6-24-20(15)29)21(30)16-11-26-17(12-25-16)22(31)33-2/h4-5,10-12H,3,6-9,13H2,1-2H3,(H,23,28)(H,24,29). The molecule has 0 fully saturated rings. The molecule has 1 aliphatic rings. The van der Waals surface area contributed by atoms with Crippen LogP contribution in [-0.4, -0.2) is 85.6 Å². The van der Waals surface area contributed by atoms with Gasteiger partial charge < -0.3 is 29.7 Å². The van der Waals surface area contributed by atoms with Gasteiger partial charge in [-0.05, 0) is 18.6 Å². The fourth-order valence-electron chi connectivity index (χ4n) is 3.15. The van der Waals surface area contributed by atoms with E-state index in [4.69, 9.17) is 9.47 Å². The average Bonchev–Trinajstić information content (AvgIpc) is 2.86. The van der Waals surface area contributed by atoms with Crippen LogP contribution < -0.4 is 20.1 Å². The van der Waals surface area contributed by atoms with Gasteiger partial charge in [0.2, 0.25) is 5.91 Å². The maximum atomic E-state index is 12.9. The summed E-state index contributed by atoms with van der Waals surface area (Å²) in [5, 5.41) is 5.48. The summed E-state index contributed by atoms with van der Waals surface area (Å²) < 4.78 is 15.4. The third kappa shape index (κ3) is 6.18. The number of esters is 1. The van der Waals surface area contributed by atoms with Crippen LogP contribution in [-0.2, 0) is 9.53 Å². The highest BCUT2D eigenvalue weighted by molar-refractivity contribution is 5.97. The number of rotatable bonds is 3. The maximum Gasteiger partial charge on any atom is 0.358 e. The van der Waals surface area contributed by atoms with Crippen LogP contribution in [0.15, 0.2) is 30.6 Å². The quantitative estimate of drug-likeness (QED) is 0.592. The molecule has 0 radical (unpaired) electrons. The monoisotopic (exact) mass is 471 g/mol. The molecule has 180 valence electrons. The number of fused-ring (bicyclic) bond motifs is 1. The van der Waals surface area contributed by atoms with E-state index in [9.17, 15) is 19.2 Å². The molecular formula is C22H25N5O7. The predicted molar refractivity (Wildman–Crippen MR) is 118 cm³/mol. The molecule has 1 aromatic carbocycles. The highest BCUT2D eigenvalue weighted by Crippen LogP contribution is 2.25.